The van der Waals surface area contributed by atoms with Crippen molar-refractivity contribution in [2.75, 3.05) is 5.73 Å². The number of nitrogens with zero attached hydrogens (tertiary/aromatic N) is 2. The van der Waals surface area contributed by atoms with E-state index in [0.717, 1.165) is 0 Å². The smallest absolute Gasteiger partial charge is 0.347 e. The first-order chi connectivity index (χ1) is 8.22. The Morgan fingerprint density at radius 2 is 2.35 bits per heavy atom. The Bertz CT molecular complexity index is 520. The van der Waals surface area contributed by atoms with Crippen LogP contribution in [-0.2, 0) is 6.54 Å². The van der Waals surface area contributed by atoms with Crippen LogP contribution in [0.15, 0.2) is 36.8 Å². The van der Waals surface area contributed by atoms with Crippen LogP contribution in [0.5, 0.6) is 5.75 Å². The van der Waals surface area contributed by atoms with E-state index in [-0.39, 0.29) is 0 Å². The van der Waals surface area contributed by atoms with Crippen molar-refractivity contribution in [3.63, 3.8) is 0 Å². The average molecular weight is 231 g/mol. The van der Waals surface area contributed by atoms with Gasteiger partial charge in [-0.3, -0.25) is 4.98 Å². The van der Waals surface area contributed by atoms with Crippen molar-refractivity contribution >= 4 is 11.8 Å². The minimum absolute atomic E-state index is 0.371. The van der Waals surface area contributed by atoms with E-state index in [1.165, 1.54) is 6.20 Å². The number of aryl methyl sites for hydroxylation is 1. The van der Waals surface area contributed by atoms with E-state index in [1.807, 2.05) is 6.92 Å². The quantitative estimate of drug-likeness (QED) is 0.816. The molecular weight excluding hydrogens is 218 g/mol. The molecule has 0 radical (unpaired) electrons. The van der Waals surface area contributed by atoms with Crippen LogP contribution >= 0.6 is 0 Å². The number of esters is 1. The number of nitrogen functional groups attached to an aromatic ring is 1. The van der Waals surface area contributed by atoms with Crippen LogP contribution in [-0.4, -0.2) is 15.5 Å². The van der Waals surface area contributed by atoms with Gasteiger partial charge in [0, 0.05) is 18.9 Å². The van der Waals surface area contributed by atoms with Gasteiger partial charge in [-0.25, -0.2) is 4.79 Å². The summed E-state index contributed by atoms with van der Waals surface area (Å²) in [6.07, 6.45) is 4.85. The van der Waals surface area contributed by atoms with Gasteiger partial charge in [0.05, 0.1) is 6.20 Å². The molecule has 0 aromatic carbocycles. The first-order valence-electron chi connectivity index (χ1n) is 5.29. The summed E-state index contributed by atoms with van der Waals surface area (Å²) in [5, 5.41) is 0. The van der Waals surface area contributed by atoms with Gasteiger partial charge in [-0.1, -0.05) is 0 Å². The Hall–Kier alpha value is -2.30. The number of hydrogen-bond donors (Lipinski definition) is 1. The highest BCUT2D eigenvalue weighted by Gasteiger charge is 2.15. The zero-order chi connectivity index (χ0) is 12.3. The van der Waals surface area contributed by atoms with Gasteiger partial charge in [-0.2, -0.15) is 0 Å². The van der Waals surface area contributed by atoms with Gasteiger partial charge >= 0.3 is 5.97 Å². The second-order valence-corrected chi connectivity index (χ2v) is 3.48. The van der Waals surface area contributed by atoms with Crippen LogP contribution in [0.2, 0.25) is 0 Å². The fourth-order valence-electron chi connectivity index (χ4n) is 1.50. The van der Waals surface area contributed by atoms with Crippen molar-refractivity contribution in [3.8, 4) is 5.75 Å². The van der Waals surface area contributed by atoms with Gasteiger partial charge in [-0.15, -0.1) is 0 Å². The number of nitrogens with two attached hydrogens (primary N) is 1. The maximum Gasteiger partial charge on any atom is 0.347 e. The third-order valence-corrected chi connectivity index (χ3v) is 2.41. The lowest BCUT2D eigenvalue weighted by Crippen LogP contribution is -2.11. The van der Waals surface area contributed by atoms with Crippen LogP contribution < -0.4 is 10.5 Å². The summed E-state index contributed by atoms with van der Waals surface area (Å²) in [6.45, 7) is 2.67. The van der Waals surface area contributed by atoms with E-state index in [2.05, 4.69) is 4.98 Å². The fourth-order valence-corrected chi connectivity index (χ4v) is 1.50. The Kier molecular flexibility index (Phi) is 3.09. The molecule has 2 N–H and O–H groups in total. The predicted octanol–water partition coefficient (Wildman–Crippen LogP) is 1.70. The average Bonchev–Trinajstić information content (AvgIpc) is 2.71. The van der Waals surface area contributed by atoms with E-state index in [4.69, 9.17) is 10.5 Å². The Morgan fingerprint density at radius 3 is 2.94 bits per heavy atom. The number of anilines is 1. The second kappa shape index (κ2) is 4.69. The third-order valence-electron chi connectivity index (χ3n) is 2.41. The number of rotatable bonds is 3. The van der Waals surface area contributed by atoms with Crippen molar-refractivity contribution in [1.82, 2.24) is 9.55 Å². The van der Waals surface area contributed by atoms with Crippen molar-refractivity contribution in [2.24, 2.45) is 0 Å². The molecule has 2 aromatic rings. The topological polar surface area (TPSA) is 70.1 Å². The summed E-state index contributed by atoms with van der Waals surface area (Å²) < 4.78 is 6.92. The van der Waals surface area contributed by atoms with Crippen molar-refractivity contribution < 1.29 is 9.53 Å². The third kappa shape index (κ3) is 2.28. The number of ether oxygens (including phenoxy) is 1. The van der Waals surface area contributed by atoms with Gasteiger partial charge < -0.3 is 15.0 Å². The summed E-state index contributed by atoms with van der Waals surface area (Å²) in [5.41, 5.74) is 6.19. The molecular formula is C12H13N3O2. The van der Waals surface area contributed by atoms with E-state index in [1.54, 1.807) is 35.2 Å². The fraction of sp³-hybridized carbons (Fsp3) is 0.167. The predicted molar refractivity (Wildman–Crippen MR) is 63.7 cm³/mol. The molecule has 0 aliphatic rings. The first kappa shape index (κ1) is 11.2. The molecule has 0 spiro atoms. The SMILES string of the molecule is CCn1ccc(C(=O)Oc2cccnc2)c1N. The summed E-state index contributed by atoms with van der Waals surface area (Å²) in [4.78, 5) is 15.7. The molecule has 0 atom stereocenters. The van der Waals surface area contributed by atoms with Crippen LogP contribution in [0.3, 0.4) is 0 Å². The molecule has 0 bridgehead atoms. The Morgan fingerprint density at radius 1 is 1.53 bits per heavy atom. The van der Waals surface area contributed by atoms with Gasteiger partial charge in [-0.05, 0) is 25.1 Å². The molecule has 0 amide bonds. The summed E-state index contributed by atoms with van der Waals surface area (Å²) >= 11 is 0. The van der Waals surface area contributed by atoms with Gasteiger partial charge in [0.1, 0.15) is 17.1 Å². The zero-order valence-corrected chi connectivity index (χ0v) is 9.46. The van der Waals surface area contributed by atoms with E-state index >= 15 is 0 Å². The number of hydrogen-bond acceptors (Lipinski definition) is 4. The number of aromatic nitrogens is 2. The molecule has 0 fully saturated rings. The van der Waals surface area contributed by atoms with E-state index in [9.17, 15) is 4.79 Å². The standard InChI is InChI=1S/C12H13N3O2/c1-2-15-7-5-10(11(15)13)12(16)17-9-4-3-6-14-8-9/h3-8H,2,13H2,1H3. The van der Waals surface area contributed by atoms with Crippen LogP contribution in [0.4, 0.5) is 5.82 Å². The highest BCUT2D eigenvalue weighted by Crippen LogP contribution is 2.16. The van der Waals surface area contributed by atoms with Crippen LogP contribution in [0.1, 0.15) is 17.3 Å². The van der Waals surface area contributed by atoms with Crippen LogP contribution in [0, 0.1) is 0 Å². The summed E-state index contributed by atoms with van der Waals surface area (Å²) in [6, 6.07) is 5.01. The highest BCUT2D eigenvalue weighted by molar-refractivity contribution is 5.95. The van der Waals surface area contributed by atoms with Gasteiger partial charge in [0.15, 0.2) is 0 Å². The minimum atomic E-state index is -0.470. The normalized spacial score (nSPS) is 10.2. The molecule has 0 unspecified atom stereocenters. The van der Waals surface area contributed by atoms with Crippen molar-refractivity contribution in [2.45, 2.75) is 13.5 Å². The lowest BCUT2D eigenvalue weighted by Gasteiger charge is -2.04. The summed E-state index contributed by atoms with van der Waals surface area (Å²) in [7, 11) is 0. The Labute approximate surface area is 98.8 Å². The zero-order valence-electron chi connectivity index (χ0n) is 9.46. The molecule has 5 heteroatoms. The summed E-state index contributed by atoms with van der Waals surface area (Å²) in [5.74, 6) is 0.352. The first-order valence-corrected chi connectivity index (χ1v) is 5.29. The molecule has 2 heterocycles. The largest absolute Gasteiger partial charge is 0.421 e. The lowest BCUT2D eigenvalue weighted by atomic mass is 10.3. The highest BCUT2D eigenvalue weighted by atomic mass is 16.5. The van der Waals surface area contributed by atoms with Gasteiger partial charge in [0.25, 0.3) is 0 Å². The minimum Gasteiger partial charge on any atom is -0.421 e. The monoisotopic (exact) mass is 231 g/mol. The molecule has 0 saturated heterocycles. The number of pyridine rings is 1. The molecule has 0 aliphatic carbocycles. The maximum atomic E-state index is 11.8. The molecule has 2 rings (SSSR count). The maximum absolute atomic E-state index is 11.8. The molecule has 2 aromatic heterocycles. The molecule has 0 aliphatic heterocycles. The molecule has 5 nitrogen and oxygen atoms in total. The Balaban J connectivity index is 2.18. The van der Waals surface area contributed by atoms with Crippen molar-refractivity contribution in [3.05, 3.63) is 42.4 Å². The molecule has 0 saturated carbocycles. The van der Waals surface area contributed by atoms with E-state index < -0.39 is 5.97 Å². The second-order valence-electron chi connectivity index (χ2n) is 3.48. The molecule has 17 heavy (non-hydrogen) atoms. The molecule has 88 valence electrons. The number of carbonyl (C=O) groups is 1. The van der Waals surface area contributed by atoms with Crippen LogP contribution in [0.25, 0.3) is 0 Å². The lowest BCUT2D eigenvalue weighted by molar-refractivity contribution is 0.0735. The number of carbonyl (C=O) groups excluding carboxylic acids is 1. The van der Waals surface area contributed by atoms with E-state index in [0.29, 0.717) is 23.7 Å². The van der Waals surface area contributed by atoms with Crippen molar-refractivity contribution in [1.29, 1.82) is 0 Å². The van der Waals surface area contributed by atoms with Gasteiger partial charge in [0.2, 0.25) is 0 Å².